The van der Waals surface area contributed by atoms with Gasteiger partial charge in [0.15, 0.2) is 0 Å². The van der Waals surface area contributed by atoms with Crippen LogP contribution in [-0.2, 0) is 0 Å². The van der Waals surface area contributed by atoms with Crippen molar-refractivity contribution in [2.45, 2.75) is 84.1 Å². The van der Waals surface area contributed by atoms with Crippen molar-refractivity contribution in [1.29, 1.82) is 0 Å². The van der Waals surface area contributed by atoms with E-state index in [1.807, 2.05) is 0 Å². The van der Waals surface area contributed by atoms with Crippen LogP contribution in [0.1, 0.15) is 78.6 Å². The molecule has 2 aliphatic rings. The van der Waals surface area contributed by atoms with Gasteiger partial charge < -0.3 is 5.73 Å². The van der Waals surface area contributed by atoms with Gasteiger partial charge in [0.05, 0.1) is 0 Å². The van der Waals surface area contributed by atoms with Gasteiger partial charge in [0, 0.05) is 5.54 Å². The van der Waals surface area contributed by atoms with E-state index in [0.29, 0.717) is 5.41 Å². The van der Waals surface area contributed by atoms with Crippen LogP contribution in [0, 0.1) is 17.3 Å². The molecule has 100 valence electrons. The fourth-order valence-electron chi connectivity index (χ4n) is 4.22. The first-order valence-corrected chi connectivity index (χ1v) is 7.76. The van der Waals surface area contributed by atoms with Crippen LogP contribution < -0.4 is 5.73 Å². The largest absolute Gasteiger partial charge is 0.325 e. The second kappa shape index (κ2) is 4.91. The Balaban J connectivity index is 2.04. The summed E-state index contributed by atoms with van der Waals surface area (Å²) in [6.07, 6.45) is 12.2. The van der Waals surface area contributed by atoms with E-state index in [-0.39, 0.29) is 5.54 Å². The third-order valence-corrected chi connectivity index (χ3v) is 5.71. The van der Waals surface area contributed by atoms with Crippen molar-refractivity contribution in [3.8, 4) is 0 Å². The summed E-state index contributed by atoms with van der Waals surface area (Å²) in [4.78, 5) is 0. The van der Waals surface area contributed by atoms with E-state index < -0.39 is 0 Å². The Morgan fingerprint density at radius 2 is 1.59 bits per heavy atom. The molecule has 2 aliphatic carbocycles. The predicted octanol–water partition coefficient (Wildman–Crippen LogP) is 4.50. The van der Waals surface area contributed by atoms with Crippen molar-refractivity contribution >= 4 is 0 Å². The minimum absolute atomic E-state index is 0.177. The Morgan fingerprint density at radius 3 is 2.18 bits per heavy atom. The van der Waals surface area contributed by atoms with Crippen LogP contribution in [0.3, 0.4) is 0 Å². The van der Waals surface area contributed by atoms with Gasteiger partial charge in [0.2, 0.25) is 0 Å². The number of rotatable bonds is 2. The lowest BCUT2D eigenvalue weighted by Crippen LogP contribution is -2.53. The number of hydrogen-bond donors (Lipinski definition) is 1. The topological polar surface area (TPSA) is 26.0 Å². The average molecular weight is 237 g/mol. The molecule has 0 aromatic heterocycles. The summed E-state index contributed by atoms with van der Waals surface area (Å²) in [7, 11) is 0. The summed E-state index contributed by atoms with van der Waals surface area (Å²) in [5.74, 6) is 1.73. The maximum absolute atomic E-state index is 6.82. The highest BCUT2D eigenvalue weighted by Crippen LogP contribution is 2.48. The second-order valence-corrected chi connectivity index (χ2v) is 7.46. The molecule has 2 N–H and O–H groups in total. The highest BCUT2D eigenvalue weighted by Gasteiger charge is 2.43. The molecule has 2 saturated carbocycles. The van der Waals surface area contributed by atoms with Gasteiger partial charge in [-0.1, -0.05) is 46.5 Å². The lowest BCUT2D eigenvalue weighted by Gasteiger charge is -2.49. The van der Waals surface area contributed by atoms with E-state index in [1.54, 1.807) is 0 Å². The monoisotopic (exact) mass is 237 g/mol. The fraction of sp³-hybridized carbons (Fsp3) is 1.00. The van der Waals surface area contributed by atoms with Crippen LogP contribution >= 0.6 is 0 Å². The minimum Gasteiger partial charge on any atom is -0.325 e. The Labute approximate surface area is 108 Å². The Kier molecular flexibility index (Phi) is 3.87. The summed E-state index contributed by atoms with van der Waals surface area (Å²) in [5.41, 5.74) is 7.54. The SMILES string of the molecule is CCC1CCCCC1C1(N)CCC(C)(C)CC1. The molecule has 0 amide bonds. The van der Waals surface area contributed by atoms with E-state index in [9.17, 15) is 0 Å². The van der Waals surface area contributed by atoms with E-state index in [1.165, 1.54) is 57.8 Å². The zero-order valence-electron chi connectivity index (χ0n) is 12.1. The van der Waals surface area contributed by atoms with Crippen molar-refractivity contribution in [1.82, 2.24) is 0 Å². The maximum atomic E-state index is 6.82. The van der Waals surface area contributed by atoms with Crippen molar-refractivity contribution in [3.63, 3.8) is 0 Å². The van der Waals surface area contributed by atoms with Crippen LogP contribution in [0.15, 0.2) is 0 Å². The van der Waals surface area contributed by atoms with Gasteiger partial charge in [-0.05, 0) is 49.4 Å². The van der Waals surface area contributed by atoms with Gasteiger partial charge in [-0.25, -0.2) is 0 Å². The third kappa shape index (κ3) is 2.86. The molecule has 0 aliphatic heterocycles. The van der Waals surface area contributed by atoms with Gasteiger partial charge in [-0.3, -0.25) is 0 Å². The van der Waals surface area contributed by atoms with E-state index >= 15 is 0 Å². The fourth-order valence-corrected chi connectivity index (χ4v) is 4.22. The summed E-state index contributed by atoms with van der Waals surface area (Å²) in [6.45, 7) is 7.18. The van der Waals surface area contributed by atoms with Crippen LogP contribution in [0.5, 0.6) is 0 Å². The zero-order chi connectivity index (χ0) is 12.5. The molecule has 0 bridgehead atoms. The molecule has 17 heavy (non-hydrogen) atoms. The van der Waals surface area contributed by atoms with Gasteiger partial charge in [0.1, 0.15) is 0 Å². The summed E-state index contributed by atoms with van der Waals surface area (Å²) in [6, 6.07) is 0. The van der Waals surface area contributed by atoms with Gasteiger partial charge in [-0.2, -0.15) is 0 Å². The molecule has 2 unspecified atom stereocenters. The molecule has 0 saturated heterocycles. The zero-order valence-corrected chi connectivity index (χ0v) is 12.1. The lowest BCUT2D eigenvalue weighted by atomic mass is 9.59. The Hall–Kier alpha value is -0.0400. The highest BCUT2D eigenvalue weighted by molar-refractivity contribution is 5.00. The normalized spacial score (nSPS) is 36.7. The highest BCUT2D eigenvalue weighted by atomic mass is 14.8. The summed E-state index contributed by atoms with van der Waals surface area (Å²) in [5, 5.41) is 0. The third-order valence-electron chi connectivity index (χ3n) is 5.71. The second-order valence-electron chi connectivity index (χ2n) is 7.46. The van der Waals surface area contributed by atoms with E-state index in [4.69, 9.17) is 5.73 Å². The van der Waals surface area contributed by atoms with Crippen LogP contribution in [-0.4, -0.2) is 5.54 Å². The molecule has 2 atom stereocenters. The first-order valence-electron chi connectivity index (χ1n) is 7.76. The molecule has 2 fully saturated rings. The van der Waals surface area contributed by atoms with E-state index in [2.05, 4.69) is 20.8 Å². The minimum atomic E-state index is 0.177. The average Bonchev–Trinajstić information content (AvgIpc) is 2.33. The maximum Gasteiger partial charge on any atom is 0.0185 e. The van der Waals surface area contributed by atoms with Crippen molar-refractivity contribution < 1.29 is 0 Å². The van der Waals surface area contributed by atoms with Crippen molar-refractivity contribution in [2.24, 2.45) is 23.0 Å². The van der Waals surface area contributed by atoms with Crippen LogP contribution in [0.4, 0.5) is 0 Å². The molecular weight excluding hydrogens is 206 g/mol. The van der Waals surface area contributed by atoms with Crippen molar-refractivity contribution in [2.75, 3.05) is 0 Å². The molecule has 1 nitrogen and oxygen atoms in total. The number of nitrogens with two attached hydrogens (primary N) is 1. The molecule has 0 aromatic rings. The van der Waals surface area contributed by atoms with Gasteiger partial charge in [0.25, 0.3) is 0 Å². The number of hydrogen-bond acceptors (Lipinski definition) is 1. The Bertz CT molecular complexity index is 246. The quantitative estimate of drug-likeness (QED) is 0.752. The molecule has 0 heterocycles. The molecule has 1 heteroatoms. The standard InChI is InChI=1S/C16H31N/c1-4-13-7-5-6-8-14(13)16(17)11-9-15(2,3)10-12-16/h13-14H,4-12,17H2,1-3H3. The first-order chi connectivity index (χ1) is 7.97. The molecule has 2 rings (SSSR count). The molecule has 0 spiro atoms. The lowest BCUT2D eigenvalue weighted by molar-refractivity contribution is 0.0595. The van der Waals surface area contributed by atoms with Crippen LogP contribution in [0.25, 0.3) is 0 Å². The predicted molar refractivity (Wildman–Crippen MR) is 74.9 cm³/mol. The van der Waals surface area contributed by atoms with Gasteiger partial charge >= 0.3 is 0 Å². The molecule has 0 radical (unpaired) electrons. The van der Waals surface area contributed by atoms with Crippen LogP contribution in [0.2, 0.25) is 0 Å². The van der Waals surface area contributed by atoms with Gasteiger partial charge in [-0.15, -0.1) is 0 Å². The first kappa shape index (κ1) is 13.4. The van der Waals surface area contributed by atoms with Crippen molar-refractivity contribution in [3.05, 3.63) is 0 Å². The summed E-state index contributed by atoms with van der Waals surface area (Å²) < 4.78 is 0. The Morgan fingerprint density at radius 1 is 1.00 bits per heavy atom. The molecule has 0 aromatic carbocycles. The summed E-state index contributed by atoms with van der Waals surface area (Å²) >= 11 is 0. The van der Waals surface area contributed by atoms with E-state index in [0.717, 1.165) is 11.8 Å². The molecular formula is C16H31N. The smallest absolute Gasteiger partial charge is 0.0185 e.